The van der Waals surface area contributed by atoms with Gasteiger partial charge >= 0.3 is 5.97 Å². The third-order valence-electron chi connectivity index (χ3n) is 3.14. The summed E-state index contributed by atoms with van der Waals surface area (Å²) < 4.78 is 0. The van der Waals surface area contributed by atoms with Crippen LogP contribution in [0.4, 0.5) is 11.4 Å². The summed E-state index contributed by atoms with van der Waals surface area (Å²) in [6.45, 7) is 1.87. The number of carbonyl (C=O) groups is 1. The highest BCUT2D eigenvalue weighted by atomic mass is 16.6. The van der Waals surface area contributed by atoms with E-state index in [9.17, 15) is 14.9 Å². The van der Waals surface area contributed by atoms with E-state index in [0.717, 1.165) is 0 Å². The molecule has 2 N–H and O–H groups in total. The molecule has 110 valence electrons. The van der Waals surface area contributed by atoms with Crippen molar-refractivity contribution in [3.8, 4) is 0 Å². The Morgan fingerprint density at radius 3 is 2.90 bits per heavy atom. The van der Waals surface area contributed by atoms with Gasteiger partial charge in [-0.15, -0.1) is 0 Å². The van der Waals surface area contributed by atoms with E-state index >= 15 is 0 Å². The first-order valence-electron chi connectivity index (χ1n) is 6.49. The number of fused-ring (bicyclic) bond motifs is 1. The number of nitro groups is 1. The van der Waals surface area contributed by atoms with E-state index in [-0.39, 0.29) is 18.2 Å². The summed E-state index contributed by atoms with van der Waals surface area (Å²) in [6, 6.07) is 6.42. The number of carboxylic acid groups (broad SMARTS) is 1. The number of aliphatic carboxylic acids is 1. The van der Waals surface area contributed by atoms with E-state index in [1.807, 2.05) is 6.92 Å². The number of nitrogens with zero attached hydrogens (tertiary/aromatic N) is 2. The molecule has 1 atom stereocenters. The Labute approximate surface area is 120 Å². The molecule has 0 aliphatic carbocycles. The number of rotatable bonds is 6. The van der Waals surface area contributed by atoms with Crippen LogP contribution < -0.4 is 5.32 Å². The molecule has 0 aliphatic rings. The molecule has 0 saturated heterocycles. The molecule has 7 nitrogen and oxygen atoms in total. The van der Waals surface area contributed by atoms with Gasteiger partial charge in [-0.1, -0.05) is 0 Å². The molecule has 0 aliphatic heterocycles. The highest BCUT2D eigenvalue weighted by molar-refractivity contribution is 5.96. The molecule has 0 saturated carbocycles. The molecule has 0 bridgehead atoms. The van der Waals surface area contributed by atoms with Crippen LogP contribution in [-0.2, 0) is 4.79 Å². The molecule has 1 heterocycles. The lowest BCUT2D eigenvalue weighted by Gasteiger charge is -2.15. The van der Waals surface area contributed by atoms with Crippen molar-refractivity contribution in [3.05, 3.63) is 40.6 Å². The summed E-state index contributed by atoms with van der Waals surface area (Å²) in [5.41, 5.74) is 0.980. The second kappa shape index (κ2) is 6.17. The van der Waals surface area contributed by atoms with Crippen LogP contribution in [0.25, 0.3) is 10.9 Å². The zero-order valence-corrected chi connectivity index (χ0v) is 11.4. The quantitative estimate of drug-likeness (QED) is 0.625. The van der Waals surface area contributed by atoms with Gasteiger partial charge in [0.25, 0.3) is 5.69 Å². The lowest BCUT2D eigenvalue weighted by molar-refractivity contribution is -0.383. The summed E-state index contributed by atoms with van der Waals surface area (Å²) in [4.78, 5) is 25.2. The highest BCUT2D eigenvalue weighted by Gasteiger charge is 2.16. The number of nitrogens with one attached hydrogen (secondary N) is 1. The van der Waals surface area contributed by atoms with E-state index in [1.54, 1.807) is 18.2 Å². The number of aromatic nitrogens is 1. The van der Waals surface area contributed by atoms with E-state index in [1.165, 1.54) is 12.3 Å². The van der Waals surface area contributed by atoms with Gasteiger partial charge in [0, 0.05) is 35.8 Å². The second-order valence-corrected chi connectivity index (χ2v) is 4.77. The second-order valence-electron chi connectivity index (χ2n) is 4.77. The van der Waals surface area contributed by atoms with Crippen molar-refractivity contribution < 1.29 is 14.8 Å². The molecule has 1 unspecified atom stereocenters. The molecular formula is C14H15N3O4. The van der Waals surface area contributed by atoms with Crippen molar-refractivity contribution in [2.45, 2.75) is 25.8 Å². The van der Waals surface area contributed by atoms with Crippen molar-refractivity contribution in [2.24, 2.45) is 0 Å². The standard InChI is InChI=1S/C14H15N3O4/c1-9(4-7-13(18)19)16-11-5-6-12(17(20)21)14-10(11)3-2-8-15-14/h2-3,5-6,8-9,16H,4,7H2,1H3,(H,18,19). The molecule has 2 rings (SSSR count). The van der Waals surface area contributed by atoms with Gasteiger partial charge in [-0.2, -0.15) is 0 Å². The van der Waals surface area contributed by atoms with Gasteiger partial charge in [0.2, 0.25) is 0 Å². The maximum absolute atomic E-state index is 11.0. The SMILES string of the molecule is CC(CCC(=O)O)Nc1ccc([N+](=O)[O-])c2ncccc12. The first-order chi connectivity index (χ1) is 9.99. The summed E-state index contributed by atoms with van der Waals surface area (Å²) in [6.07, 6.45) is 2.04. The largest absolute Gasteiger partial charge is 0.481 e. The highest BCUT2D eigenvalue weighted by Crippen LogP contribution is 2.30. The van der Waals surface area contributed by atoms with Crippen LogP contribution in [0.15, 0.2) is 30.5 Å². The molecule has 2 aromatic rings. The number of pyridine rings is 1. The van der Waals surface area contributed by atoms with Gasteiger partial charge in [-0.3, -0.25) is 14.9 Å². The monoisotopic (exact) mass is 289 g/mol. The van der Waals surface area contributed by atoms with Gasteiger partial charge in [0.1, 0.15) is 5.52 Å². The molecule has 7 heteroatoms. The van der Waals surface area contributed by atoms with Crippen molar-refractivity contribution in [1.29, 1.82) is 0 Å². The van der Waals surface area contributed by atoms with Crippen molar-refractivity contribution in [2.75, 3.05) is 5.32 Å². The van der Waals surface area contributed by atoms with Crippen LogP contribution in [0.3, 0.4) is 0 Å². The summed E-state index contributed by atoms with van der Waals surface area (Å²) in [5.74, 6) is -0.848. The van der Waals surface area contributed by atoms with Crippen LogP contribution in [0, 0.1) is 10.1 Å². The minimum Gasteiger partial charge on any atom is -0.481 e. The first-order valence-corrected chi connectivity index (χ1v) is 6.49. The number of benzene rings is 1. The smallest absolute Gasteiger partial charge is 0.303 e. The van der Waals surface area contributed by atoms with Crippen LogP contribution >= 0.6 is 0 Å². The predicted molar refractivity (Wildman–Crippen MR) is 78.4 cm³/mol. The Kier molecular flexibility index (Phi) is 4.32. The maximum Gasteiger partial charge on any atom is 0.303 e. The molecule has 1 aromatic heterocycles. The van der Waals surface area contributed by atoms with Crippen LogP contribution in [0.1, 0.15) is 19.8 Å². The fourth-order valence-electron chi connectivity index (χ4n) is 2.11. The average molecular weight is 289 g/mol. The summed E-state index contributed by atoms with van der Waals surface area (Å²) in [5, 5.41) is 23.5. The van der Waals surface area contributed by atoms with E-state index < -0.39 is 10.9 Å². The average Bonchev–Trinajstić information content (AvgIpc) is 2.45. The lowest BCUT2D eigenvalue weighted by atomic mass is 10.1. The van der Waals surface area contributed by atoms with Crippen molar-refractivity contribution in [1.82, 2.24) is 4.98 Å². The number of hydrogen-bond donors (Lipinski definition) is 2. The molecule has 1 aromatic carbocycles. The fourth-order valence-corrected chi connectivity index (χ4v) is 2.11. The third-order valence-corrected chi connectivity index (χ3v) is 3.14. The van der Waals surface area contributed by atoms with Gasteiger partial charge in [-0.05, 0) is 31.5 Å². The number of carboxylic acids is 1. The first kappa shape index (κ1) is 14.7. The normalized spacial score (nSPS) is 12.0. The van der Waals surface area contributed by atoms with E-state index in [4.69, 9.17) is 5.11 Å². The number of nitro benzene ring substituents is 1. The zero-order valence-electron chi connectivity index (χ0n) is 11.4. The van der Waals surface area contributed by atoms with Crippen molar-refractivity contribution >= 4 is 28.2 Å². The number of non-ortho nitro benzene ring substituents is 1. The van der Waals surface area contributed by atoms with Gasteiger partial charge < -0.3 is 10.4 Å². The maximum atomic E-state index is 11.0. The molecule has 0 amide bonds. The predicted octanol–water partition coefficient (Wildman–Crippen LogP) is 2.81. The van der Waals surface area contributed by atoms with Crippen molar-refractivity contribution in [3.63, 3.8) is 0 Å². The topological polar surface area (TPSA) is 105 Å². The van der Waals surface area contributed by atoms with Gasteiger partial charge in [0.15, 0.2) is 0 Å². The minimum atomic E-state index is -0.848. The zero-order chi connectivity index (χ0) is 15.4. The van der Waals surface area contributed by atoms with Crippen LogP contribution in [-0.4, -0.2) is 27.0 Å². The van der Waals surface area contributed by atoms with E-state index in [0.29, 0.717) is 23.0 Å². The Morgan fingerprint density at radius 1 is 1.48 bits per heavy atom. The number of anilines is 1. The third kappa shape index (κ3) is 3.44. The molecule has 0 fully saturated rings. The van der Waals surface area contributed by atoms with Crippen LogP contribution in [0.2, 0.25) is 0 Å². The van der Waals surface area contributed by atoms with Crippen LogP contribution in [0.5, 0.6) is 0 Å². The Hall–Kier alpha value is -2.70. The minimum absolute atomic E-state index is 0.0469. The summed E-state index contributed by atoms with van der Waals surface area (Å²) >= 11 is 0. The van der Waals surface area contributed by atoms with Gasteiger partial charge in [-0.25, -0.2) is 4.98 Å². The van der Waals surface area contributed by atoms with E-state index in [2.05, 4.69) is 10.3 Å². The van der Waals surface area contributed by atoms with Gasteiger partial charge in [0.05, 0.1) is 4.92 Å². The molecule has 0 spiro atoms. The number of hydrogen-bond acceptors (Lipinski definition) is 5. The Morgan fingerprint density at radius 2 is 2.24 bits per heavy atom. The Balaban J connectivity index is 2.31. The lowest BCUT2D eigenvalue weighted by Crippen LogP contribution is -2.16. The molecule has 21 heavy (non-hydrogen) atoms. The molecule has 0 radical (unpaired) electrons. The Bertz CT molecular complexity index is 687. The molecular weight excluding hydrogens is 274 g/mol. The summed E-state index contributed by atoms with van der Waals surface area (Å²) in [7, 11) is 0. The fraction of sp³-hybridized carbons (Fsp3) is 0.286.